The minimum Gasteiger partial charge on any atom is -0.478 e. The van der Waals surface area contributed by atoms with Crippen LogP contribution in [0.4, 0.5) is 17.2 Å². The molecule has 2 N–H and O–H groups in total. The topological polar surface area (TPSA) is 138 Å². The van der Waals surface area contributed by atoms with E-state index in [1.54, 1.807) is 24.4 Å². The van der Waals surface area contributed by atoms with Gasteiger partial charge in [-0.2, -0.15) is 10.5 Å². The number of aromatic nitrogens is 2. The van der Waals surface area contributed by atoms with Gasteiger partial charge in [-0.3, -0.25) is 9.20 Å². The van der Waals surface area contributed by atoms with Gasteiger partial charge in [-0.15, -0.1) is 0 Å². The molecular weight excluding hydrogens is 518 g/mol. The minimum absolute atomic E-state index is 0.0149. The van der Waals surface area contributed by atoms with E-state index in [1.165, 1.54) is 10.5 Å². The second-order valence-electron chi connectivity index (χ2n) is 10.2. The third-order valence-electron chi connectivity index (χ3n) is 7.42. The molecule has 0 radical (unpaired) electrons. The summed E-state index contributed by atoms with van der Waals surface area (Å²) in [6.07, 6.45) is 1.67. The largest absolute Gasteiger partial charge is 0.478 e. The van der Waals surface area contributed by atoms with Crippen LogP contribution >= 0.6 is 0 Å². The lowest BCUT2D eigenvalue weighted by Gasteiger charge is -2.37. The van der Waals surface area contributed by atoms with Crippen molar-refractivity contribution in [3.63, 3.8) is 0 Å². The van der Waals surface area contributed by atoms with Crippen LogP contribution in [-0.2, 0) is 0 Å². The van der Waals surface area contributed by atoms with Gasteiger partial charge in [-0.1, -0.05) is 12.1 Å². The highest BCUT2D eigenvalue weighted by Gasteiger charge is 2.26. The second kappa shape index (κ2) is 11.0. The number of hydrogen-bond acceptors (Lipinski definition) is 8. The smallest absolute Gasteiger partial charge is 0.337 e. The Morgan fingerprint density at radius 1 is 1.02 bits per heavy atom. The highest BCUT2D eigenvalue weighted by atomic mass is 16.4. The van der Waals surface area contributed by atoms with Gasteiger partial charge in [-0.05, 0) is 68.3 Å². The molecule has 0 saturated carbocycles. The highest BCUT2D eigenvalue weighted by Crippen LogP contribution is 2.28. The number of pyridine rings is 1. The molecule has 1 aliphatic heterocycles. The Balaban J connectivity index is 1.51. The summed E-state index contributed by atoms with van der Waals surface area (Å²) < 4.78 is 1.41. The molecule has 1 atom stereocenters. The number of para-hydroxylation sites is 1. The number of benzene rings is 2. The van der Waals surface area contributed by atoms with Crippen molar-refractivity contribution in [3.8, 4) is 12.1 Å². The molecule has 1 aliphatic rings. The van der Waals surface area contributed by atoms with Gasteiger partial charge in [0, 0.05) is 49.3 Å². The fourth-order valence-electron chi connectivity index (χ4n) is 5.39. The number of aromatic carboxylic acids is 1. The van der Waals surface area contributed by atoms with Gasteiger partial charge in [0.2, 0.25) is 0 Å². The Hall–Kier alpha value is -5.35. The molecule has 5 rings (SSSR count). The predicted molar refractivity (Wildman–Crippen MR) is 157 cm³/mol. The number of fused-ring (bicyclic) bond motifs is 1. The van der Waals surface area contributed by atoms with Crippen LogP contribution in [0, 0.1) is 36.5 Å². The number of carbonyl (C=O) groups is 1. The summed E-state index contributed by atoms with van der Waals surface area (Å²) in [5.74, 6) is -0.697. The maximum absolute atomic E-state index is 13.6. The summed E-state index contributed by atoms with van der Waals surface area (Å²) in [5.41, 5.74) is 4.75. The van der Waals surface area contributed by atoms with Gasteiger partial charge in [0.25, 0.3) is 5.56 Å². The van der Waals surface area contributed by atoms with E-state index in [1.807, 2.05) is 49.9 Å². The fraction of sp³-hybridized carbons (Fsp3) is 0.258. The molecule has 10 heteroatoms. The molecule has 206 valence electrons. The number of nitrogens with one attached hydrogen (secondary N) is 1. The molecule has 2 aromatic carbocycles. The third-order valence-corrected chi connectivity index (χ3v) is 7.42. The molecule has 0 spiro atoms. The minimum atomic E-state index is -1.04. The maximum atomic E-state index is 13.6. The van der Waals surface area contributed by atoms with Crippen molar-refractivity contribution in [1.82, 2.24) is 9.38 Å². The number of anilines is 3. The summed E-state index contributed by atoms with van der Waals surface area (Å²) in [4.78, 5) is 34.4. The van der Waals surface area contributed by atoms with E-state index in [4.69, 9.17) is 4.98 Å². The van der Waals surface area contributed by atoms with Crippen LogP contribution in [0.1, 0.15) is 51.1 Å². The molecule has 0 aliphatic carbocycles. The number of nitriles is 2. The van der Waals surface area contributed by atoms with Crippen molar-refractivity contribution in [3.05, 3.63) is 98.5 Å². The number of piperazine rings is 1. The number of aryl methyl sites for hydroxylation is 2. The lowest BCUT2D eigenvalue weighted by atomic mass is 10.1. The summed E-state index contributed by atoms with van der Waals surface area (Å²) >= 11 is 0. The van der Waals surface area contributed by atoms with Gasteiger partial charge in [0.05, 0.1) is 23.2 Å². The molecular formula is C31H29N7O3. The second-order valence-corrected chi connectivity index (χ2v) is 10.2. The Kier molecular flexibility index (Phi) is 7.32. The lowest BCUT2D eigenvalue weighted by Crippen LogP contribution is -2.47. The monoisotopic (exact) mass is 547 g/mol. The van der Waals surface area contributed by atoms with Gasteiger partial charge in [-0.25, -0.2) is 9.78 Å². The first-order valence-corrected chi connectivity index (χ1v) is 13.3. The zero-order chi connectivity index (χ0) is 29.3. The molecule has 2 aromatic heterocycles. The van der Waals surface area contributed by atoms with Gasteiger partial charge in [0.15, 0.2) is 11.4 Å². The molecule has 0 amide bonds. The Morgan fingerprint density at radius 3 is 2.39 bits per heavy atom. The first-order chi connectivity index (χ1) is 19.7. The first kappa shape index (κ1) is 27.2. The van der Waals surface area contributed by atoms with E-state index in [-0.39, 0.29) is 11.1 Å². The van der Waals surface area contributed by atoms with Crippen LogP contribution < -0.4 is 20.7 Å². The number of nitrogens with zero attached hydrogens (tertiary/aromatic N) is 6. The molecule has 1 unspecified atom stereocenters. The van der Waals surface area contributed by atoms with Crippen LogP contribution in [-0.4, -0.2) is 46.6 Å². The van der Waals surface area contributed by atoms with Crippen LogP contribution in [0.3, 0.4) is 0 Å². The summed E-state index contributed by atoms with van der Waals surface area (Å²) in [7, 11) is 0. The van der Waals surface area contributed by atoms with Crippen molar-refractivity contribution in [2.75, 3.05) is 41.3 Å². The maximum Gasteiger partial charge on any atom is 0.337 e. The zero-order valence-corrected chi connectivity index (χ0v) is 23.0. The van der Waals surface area contributed by atoms with Crippen LogP contribution in [0.25, 0.3) is 5.65 Å². The Labute approximate surface area is 237 Å². The molecule has 1 saturated heterocycles. The number of carboxylic acid groups (broad SMARTS) is 1. The first-order valence-electron chi connectivity index (χ1n) is 13.3. The SMILES string of the molecule is Cc1cc(C(C)Nc2ccccc2C(=O)O)c2nc(N3CCN(c4ccc(C#N)cc4C)CC3)c(C#N)c(=O)n2c1. The molecule has 1 fully saturated rings. The van der Waals surface area contributed by atoms with E-state index in [9.17, 15) is 25.2 Å². The predicted octanol–water partition coefficient (Wildman–Crippen LogP) is 4.25. The summed E-state index contributed by atoms with van der Waals surface area (Å²) in [6.45, 7) is 8.14. The molecule has 4 aromatic rings. The normalized spacial score (nSPS) is 13.9. The Morgan fingerprint density at radius 2 is 1.73 bits per heavy atom. The molecule has 0 bridgehead atoms. The number of carboxylic acids is 1. The molecule has 41 heavy (non-hydrogen) atoms. The summed E-state index contributed by atoms with van der Waals surface area (Å²) in [5, 5.41) is 32.1. The van der Waals surface area contributed by atoms with Crippen LogP contribution in [0.5, 0.6) is 0 Å². The van der Waals surface area contributed by atoms with Gasteiger partial charge < -0.3 is 20.2 Å². The van der Waals surface area contributed by atoms with E-state index < -0.39 is 17.6 Å². The standard InChI is InChI=1S/C31H29N7O3/c1-19-14-24(21(3)34-26-7-5-4-6-23(26)31(40)41)29-35-28(25(17-33)30(39)38(29)18-19)37-12-10-36(11-13-37)27-9-8-22(16-32)15-20(27)2/h4-9,14-15,18,21,34H,10-13H2,1-3H3,(H,40,41). The average Bonchev–Trinajstić information content (AvgIpc) is 2.97. The number of hydrogen-bond donors (Lipinski definition) is 2. The lowest BCUT2D eigenvalue weighted by molar-refractivity contribution is 0.0698. The van der Waals surface area contributed by atoms with Crippen molar-refractivity contribution >= 4 is 28.8 Å². The van der Waals surface area contributed by atoms with E-state index in [0.29, 0.717) is 54.5 Å². The van der Waals surface area contributed by atoms with E-state index in [0.717, 1.165) is 16.8 Å². The van der Waals surface area contributed by atoms with Crippen molar-refractivity contribution in [2.45, 2.75) is 26.8 Å². The van der Waals surface area contributed by atoms with Gasteiger partial charge >= 0.3 is 5.97 Å². The van der Waals surface area contributed by atoms with Crippen molar-refractivity contribution < 1.29 is 9.90 Å². The third kappa shape index (κ3) is 5.15. The van der Waals surface area contributed by atoms with Crippen molar-refractivity contribution in [2.24, 2.45) is 0 Å². The molecule has 10 nitrogen and oxygen atoms in total. The average molecular weight is 548 g/mol. The fourth-order valence-corrected chi connectivity index (χ4v) is 5.39. The molecule has 3 heterocycles. The van der Waals surface area contributed by atoms with E-state index >= 15 is 0 Å². The summed E-state index contributed by atoms with van der Waals surface area (Å²) in [6, 6.07) is 18.1. The Bertz CT molecular complexity index is 1810. The van der Waals surface area contributed by atoms with Crippen molar-refractivity contribution in [1.29, 1.82) is 10.5 Å². The van der Waals surface area contributed by atoms with E-state index in [2.05, 4.69) is 22.4 Å². The highest BCUT2D eigenvalue weighted by molar-refractivity contribution is 5.94. The number of rotatable bonds is 6. The quantitative estimate of drug-likeness (QED) is 0.363. The van der Waals surface area contributed by atoms with Gasteiger partial charge in [0.1, 0.15) is 11.7 Å². The van der Waals surface area contributed by atoms with Crippen LogP contribution in [0.2, 0.25) is 0 Å². The zero-order valence-electron chi connectivity index (χ0n) is 23.0. The van der Waals surface area contributed by atoms with Crippen LogP contribution in [0.15, 0.2) is 59.5 Å².